The molecule has 0 spiro atoms. The molecule has 0 bridgehead atoms. The third-order valence-electron chi connectivity index (χ3n) is 3.92. The molecule has 0 radical (unpaired) electrons. The molecule has 0 aliphatic rings. The second-order valence-electron chi connectivity index (χ2n) is 6.19. The van der Waals surface area contributed by atoms with Gasteiger partial charge < -0.3 is 10.1 Å². The quantitative estimate of drug-likeness (QED) is 0.743. The van der Waals surface area contributed by atoms with Crippen LogP contribution in [-0.2, 0) is 4.79 Å². The molecule has 0 saturated carbocycles. The second-order valence-corrected chi connectivity index (χ2v) is 6.60. The number of rotatable bonds is 6. The van der Waals surface area contributed by atoms with Gasteiger partial charge in [-0.15, -0.1) is 0 Å². The fourth-order valence-electron chi connectivity index (χ4n) is 2.35. The summed E-state index contributed by atoms with van der Waals surface area (Å²) in [5, 5.41) is 3.60. The van der Waals surface area contributed by atoms with E-state index >= 15 is 0 Å². The Labute approximate surface area is 149 Å². The van der Waals surface area contributed by atoms with Crippen molar-refractivity contribution in [2.75, 3.05) is 5.32 Å². The Morgan fingerprint density at radius 2 is 1.83 bits per heavy atom. The Kier molecular flexibility index (Phi) is 6.27. The molecule has 3 nitrogen and oxygen atoms in total. The minimum Gasteiger partial charge on any atom is -0.481 e. The van der Waals surface area contributed by atoms with E-state index in [0.29, 0.717) is 23.1 Å². The van der Waals surface area contributed by atoms with E-state index in [1.165, 1.54) is 5.56 Å². The van der Waals surface area contributed by atoms with Gasteiger partial charge in [-0.05, 0) is 60.7 Å². The lowest BCUT2D eigenvalue weighted by Crippen LogP contribution is -2.32. The Balaban J connectivity index is 2.03. The first-order valence-electron chi connectivity index (χ1n) is 8.24. The summed E-state index contributed by atoms with van der Waals surface area (Å²) in [5.41, 5.74) is 2.94. The van der Waals surface area contributed by atoms with E-state index in [-0.39, 0.29) is 5.91 Å². The van der Waals surface area contributed by atoms with Crippen molar-refractivity contribution < 1.29 is 9.53 Å². The van der Waals surface area contributed by atoms with Crippen LogP contribution < -0.4 is 10.1 Å². The van der Waals surface area contributed by atoms with Crippen LogP contribution in [0.2, 0.25) is 5.02 Å². The number of anilines is 1. The molecule has 2 aromatic carbocycles. The number of aryl methyl sites for hydroxylation is 1. The van der Waals surface area contributed by atoms with Gasteiger partial charge in [0.25, 0.3) is 5.91 Å². The molecule has 0 saturated heterocycles. The predicted octanol–water partition coefficient (Wildman–Crippen LogP) is 5.57. The number of halogens is 1. The van der Waals surface area contributed by atoms with Crippen molar-refractivity contribution in [3.63, 3.8) is 0 Å². The molecule has 0 fully saturated rings. The van der Waals surface area contributed by atoms with Gasteiger partial charge in [0.1, 0.15) is 5.75 Å². The predicted molar refractivity (Wildman–Crippen MR) is 100 cm³/mol. The second kappa shape index (κ2) is 8.20. The van der Waals surface area contributed by atoms with Crippen molar-refractivity contribution in [1.29, 1.82) is 0 Å². The van der Waals surface area contributed by atoms with E-state index in [1.54, 1.807) is 12.1 Å². The van der Waals surface area contributed by atoms with E-state index in [4.69, 9.17) is 16.3 Å². The van der Waals surface area contributed by atoms with Crippen molar-refractivity contribution in [1.82, 2.24) is 0 Å². The number of hydrogen-bond acceptors (Lipinski definition) is 2. The van der Waals surface area contributed by atoms with Crippen molar-refractivity contribution in [2.45, 2.75) is 46.1 Å². The molecule has 128 valence electrons. The molecule has 1 atom stereocenters. The minimum absolute atomic E-state index is 0.151. The Morgan fingerprint density at radius 3 is 2.38 bits per heavy atom. The van der Waals surface area contributed by atoms with Crippen LogP contribution >= 0.6 is 11.6 Å². The van der Waals surface area contributed by atoms with E-state index in [2.05, 4.69) is 19.2 Å². The van der Waals surface area contributed by atoms with E-state index < -0.39 is 6.10 Å². The monoisotopic (exact) mass is 345 g/mol. The highest BCUT2D eigenvalue weighted by Gasteiger charge is 2.19. The van der Waals surface area contributed by atoms with Gasteiger partial charge in [0.05, 0.1) is 0 Å². The maximum absolute atomic E-state index is 12.5. The lowest BCUT2D eigenvalue weighted by atomic mass is 10.0. The van der Waals surface area contributed by atoms with Crippen LogP contribution in [-0.4, -0.2) is 12.0 Å². The standard InChI is InChI=1S/C20H24ClNO2/c1-5-19(24-17-10-11-18(21)14(4)12-17)20(23)22-16-8-6-15(7-9-16)13(2)3/h6-13,19H,5H2,1-4H3,(H,22,23)/t19-/m0/s1. The van der Waals surface area contributed by atoms with Gasteiger partial charge in [-0.3, -0.25) is 4.79 Å². The minimum atomic E-state index is -0.546. The van der Waals surface area contributed by atoms with Crippen LogP contribution in [0.15, 0.2) is 42.5 Å². The summed E-state index contributed by atoms with van der Waals surface area (Å²) < 4.78 is 5.82. The van der Waals surface area contributed by atoms with Crippen LogP contribution in [0.25, 0.3) is 0 Å². The fourth-order valence-corrected chi connectivity index (χ4v) is 2.47. The number of ether oxygens (including phenoxy) is 1. The third kappa shape index (κ3) is 4.75. The van der Waals surface area contributed by atoms with Crippen molar-refractivity contribution in [3.05, 3.63) is 58.6 Å². The zero-order valence-corrected chi connectivity index (χ0v) is 15.4. The fraction of sp³-hybridized carbons (Fsp3) is 0.350. The molecule has 1 N–H and O–H groups in total. The first kappa shape index (κ1) is 18.3. The molecule has 24 heavy (non-hydrogen) atoms. The molecule has 0 heterocycles. The summed E-state index contributed by atoms with van der Waals surface area (Å²) >= 11 is 6.02. The molecule has 0 aliphatic heterocycles. The number of amides is 1. The normalized spacial score (nSPS) is 12.1. The Morgan fingerprint density at radius 1 is 1.17 bits per heavy atom. The highest BCUT2D eigenvalue weighted by atomic mass is 35.5. The van der Waals surface area contributed by atoms with E-state index in [1.807, 2.05) is 44.2 Å². The van der Waals surface area contributed by atoms with Gasteiger partial charge in [0.15, 0.2) is 6.10 Å². The summed E-state index contributed by atoms with van der Waals surface area (Å²) in [6, 6.07) is 13.3. The van der Waals surface area contributed by atoms with Gasteiger partial charge in [0.2, 0.25) is 0 Å². The lowest BCUT2D eigenvalue weighted by molar-refractivity contribution is -0.122. The molecular formula is C20H24ClNO2. The summed E-state index contributed by atoms with van der Waals surface area (Å²) in [6.45, 7) is 8.12. The molecular weight excluding hydrogens is 322 g/mol. The average Bonchev–Trinajstić information content (AvgIpc) is 2.56. The average molecular weight is 346 g/mol. The zero-order chi connectivity index (χ0) is 17.7. The molecule has 2 aromatic rings. The molecule has 4 heteroatoms. The highest BCUT2D eigenvalue weighted by Crippen LogP contribution is 2.23. The van der Waals surface area contributed by atoms with Crippen molar-refractivity contribution >= 4 is 23.2 Å². The molecule has 1 amide bonds. The van der Waals surface area contributed by atoms with Crippen LogP contribution in [0.1, 0.15) is 44.2 Å². The maximum atomic E-state index is 12.5. The molecule has 0 aliphatic carbocycles. The van der Waals surface area contributed by atoms with Crippen molar-refractivity contribution in [2.24, 2.45) is 0 Å². The lowest BCUT2D eigenvalue weighted by Gasteiger charge is -2.18. The Bertz CT molecular complexity index is 695. The molecule has 0 aromatic heterocycles. The van der Waals surface area contributed by atoms with Gasteiger partial charge in [0, 0.05) is 10.7 Å². The van der Waals surface area contributed by atoms with Gasteiger partial charge in [-0.2, -0.15) is 0 Å². The first-order chi connectivity index (χ1) is 11.4. The smallest absolute Gasteiger partial charge is 0.265 e. The van der Waals surface area contributed by atoms with Gasteiger partial charge in [-0.1, -0.05) is 44.5 Å². The van der Waals surface area contributed by atoms with Crippen LogP contribution in [0, 0.1) is 6.92 Å². The van der Waals surface area contributed by atoms with Gasteiger partial charge >= 0.3 is 0 Å². The first-order valence-corrected chi connectivity index (χ1v) is 8.62. The number of benzene rings is 2. The Hall–Kier alpha value is -2.00. The number of carbonyl (C=O) groups excluding carboxylic acids is 1. The summed E-state index contributed by atoms with van der Waals surface area (Å²) in [4.78, 5) is 12.5. The number of carbonyl (C=O) groups is 1. The van der Waals surface area contributed by atoms with Gasteiger partial charge in [-0.25, -0.2) is 0 Å². The molecule has 0 unspecified atom stereocenters. The SMILES string of the molecule is CC[C@H](Oc1ccc(Cl)c(C)c1)C(=O)Nc1ccc(C(C)C)cc1. The number of nitrogens with one attached hydrogen (secondary N) is 1. The van der Waals surface area contributed by atoms with E-state index in [9.17, 15) is 4.79 Å². The van der Waals surface area contributed by atoms with E-state index in [0.717, 1.165) is 11.3 Å². The highest BCUT2D eigenvalue weighted by molar-refractivity contribution is 6.31. The van der Waals surface area contributed by atoms with Crippen LogP contribution in [0.5, 0.6) is 5.75 Å². The largest absolute Gasteiger partial charge is 0.481 e. The third-order valence-corrected chi connectivity index (χ3v) is 4.34. The topological polar surface area (TPSA) is 38.3 Å². The van der Waals surface area contributed by atoms with Crippen LogP contribution in [0.3, 0.4) is 0 Å². The number of hydrogen-bond donors (Lipinski definition) is 1. The van der Waals surface area contributed by atoms with Crippen LogP contribution in [0.4, 0.5) is 5.69 Å². The zero-order valence-electron chi connectivity index (χ0n) is 14.6. The summed E-state index contributed by atoms with van der Waals surface area (Å²) in [7, 11) is 0. The van der Waals surface area contributed by atoms with Crippen molar-refractivity contribution in [3.8, 4) is 5.75 Å². The maximum Gasteiger partial charge on any atom is 0.265 e. The summed E-state index contributed by atoms with van der Waals surface area (Å²) in [5.74, 6) is 0.964. The summed E-state index contributed by atoms with van der Waals surface area (Å²) in [6.07, 6.45) is 0.0350. The molecule has 2 rings (SSSR count).